The number of hydrazone groups is 1. The van der Waals surface area contributed by atoms with Crippen LogP contribution in [0, 0.1) is 5.82 Å². The fourth-order valence-corrected chi connectivity index (χ4v) is 9.10. The maximum Gasteiger partial charge on any atom is 0.191 e. The summed E-state index contributed by atoms with van der Waals surface area (Å²) in [6.07, 6.45) is 2.31. The van der Waals surface area contributed by atoms with Crippen LogP contribution >= 0.6 is 19.5 Å². The molecular weight excluding hydrogens is 572 g/mol. The van der Waals surface area contributed by atoms with E-state index in [1.54, 1.807) is 24.4 Å². The molecule has 0 aliphatic carbocycles. The zero-order valence-corrected chi connectivity index (χ0v) is 24.5. The van der Waals surface area contributed by atoms with E-state index in [0.29, 0.717) is 11.3 Å². The fraction of sp³-hybridized carbons (Fsp3) is 0.0303. The van der Waals surface area contributed by atoms with Crippen molar-refractivity contribution in [3.8, 4) is 5.75 Å². The van der Waals surface area contributed by atoms with Gasteiger partial charge in [0.15, 0.2) is 5.11 Å². The van der Waals surface area contributed by atoms with Crippen molar-refractivity contribution < 1.29 is 21.9 Å². The van der Waals surface area contributed by atoms with Crippen LogP contribution in [0.5, 0.6) is 5.75 Å². The van der Waals surface area contributed by atoms with Gasteiger partial charge in [-0.1, -0.05) is 60.7 Å². The number of halogens is 2. The second kappa shape index (κ2) is 14.0. The summed E-state index contributed by atoms with van der Waals surface area (Å²) >= 11 is 5.29. The maximum atomic E-state index is 13.2. The van der Waals surface area contributed by atoms with Gasteiger partial charge in [0.2, 0.25) is 0 Å². The Labute approximate surface area is 251 Å². The van der Waals surface area contributed by atoms with Crippen molar-refractivity contribution in [2.75, 3.05) is 5.32 Å². The Balaban J connectivity index is 0.00000387. The molecule has 0 aliphatic rings. The molecule has 4 nitrogen and oxygen atoms in total. The van der Waals surface area contributed by atoms with Gasteiger partial charge in [-0.25, -0.2) is 4.39 Å². The van der Waals surface area contributed by atoms with E-state index in [9.17, 15) is 9.50 Å². The Kier molecular flexibility index (Phi) is 10.2. The minimum absolute atomic E-state index is 0. The molecular formula is C33H28ClFN3OPS. The van der Waals surface area contributed by atoms with Gasteiger partial charge in [0, 0.05) is 11.3 Å². The number of hydrogen-bond acceptors (Lipinski definition) is 3. The van der Waals surface area contributed by atoms with Crippen LogP contribution in [0.1, 0.15) is 11.1 Å². The van der Waals surface area contributed by atoms with Crippen LogP contribution in [0.15, 0.2) is 139 Å². The molecule has 0 aliphatic heterocycles. The van der Waals surface area contributed by atoms with E-state index in [2.05, 4.69) is 88.6 Å². The van der Waals surface area contributed by atoms with Gasteiger partial charge in [0.1, 0.15) is 34.7 Å². The number of anilines is 1. The van der Waals surface area contributed by atoms with Crippen molar-refractivity contribution in [2.45, 2.75) is 6.16 Å². The third kappa shape index (κ3) is 7.17. The van der Waals surface area contributed by atoms with E-state index in [-0.39, 0.29) is 29.1 Å². The molecule has 0 unspecified atom stereocenters. The fourth-order valence-electron chi connectivity index (χ4n) is 4.70. The quantitative estimate of drug-likeness (QED) is 0.111. The molecule has 3 N–H and O–H groups in total. The predicted octanol–water partition coefficient (Wildman–Crippen LogP) is 3.35. The SMILES string of the molecule is Oc1ccc(C[P+](c2ccccc2)(c2ccccc2)c2ccccc2)cc1/C=N/NC(=S)Nc1ccc(F)cc1.[Cl-]. The number of nitrogens with one attached hydrogen (secondary N) is 2. The molecule has 5 aromatic carbocycles. The number of aromatic hydroxyl groups is 1. The summed E-state index contributed by atoms with van der Waals surface area (Å²) in [7, 11) is -2.09. The molecule has 5 aromatic rings. The highest BCUT2D eigenvalue weighted by molar-refractivity contribution is 7.95. The van der Waals surface area contributed by atoms with Crippen molar-refractivity contribution in [2.24, 2.45) is 5.10 Å². The lowest BCUT2D eigenvalue weighted by Gasteiger charge is -2.28. The van der Waals surface area contributed by atoms with Crippen molar-refractivity contribution in [1.29, 1.82) is 0 Å². The molecule has 5 rings (SSSR count). The van der Waals surface area contributed by atoms with Crippen LogP contribution in [0.2, 0.25) is 0 Å². The Morgan fingerprint density at radius 3 is 1.78 bits per heavy atom. The van der Waals surface area contributed by atoms with Crippen LogP contribution in [-0.4, -0.2) is 16.4 Å². The third-order valence-electron chi connectivity index (χ3n) is 6.57. The van der Waals surface area contributed by atoms with Gasteiger partial charge in [0.05, 0.1) is 12.4 Å². The summed E-state index contributed by atoms with van der Waals surface area (Å²) in [6, 6.07) is 43.6. The van der Waals surface area contributed by atoms with E-state index < -0.39 is 7.26 Å². The first kappa shape index (κ1) is 29.9. The molecule has 0 saturated carbocycles. The van der Waals surface area contributed by atoms with Gasteiger partial charge in [0.25, 0.3) is 0 Å². The normalized spacial score (nSPS) is 11.0. The first-order valence-electron chi connectivity index (χ1n) is 12.8. The van der Waals surface area contributed by atoms with Crippen molar-refractivity contribution in [1.82, 2.24) is 5.43 Å². The Bertz CT molecular complexity index is 1510. The van der Waals surface area contributed by atoms with Crippen molar-refractivity contribution in [3.05, 3.63) is 150 Å². The van der Waals surface area contributed by atoms with E-state index in [4.69, 9.17) is 12.2 Å². The summed E-state index contributed by atoms with van der Waals surface area (Å²) in [5.74, 6) is -0.203. The molecule has 0 fully saturated rings. The summed E-state index contributed by atoms with van der Waals surface area (Å²) in [5, 5.41) is 21.9. The molecule has 206 valence electrons. The average molecular weight is 600 g/mol. The van der Waals surface area contributed by atoms with Gasteiger partial charge in [-0.05, 0) is 90.6 Å². The Hall–Kier alpha value is -4.09. The molecule has 0 aromatic heterocycles. The summed E-state index contributed by atoms with van der Waals surface area (Å²) in [4.78, 5) is 0. The number of thiocarbonyl (C=S) groups is 1. The minimum atomic E-state index is -2.09. The largest absolute Gasteiger partial charge is 1.00 e. The van der Waals surface area contributed by atoms with Crippen molar-refractivity contribution in [3.63, 3.8) is 0 Å². The molecule has 0 radical (unpaired) electrons. The average Bonchev–Trinajstić information content (AvgIpc) is 3.00. The first-order valence-corrected chi connectivity index (χ1v) is 15.2. The predicted molar refractivity (Wildman–Crippen MR) is 170 cm³/mol. The van der Waals surface area contributed by atoms with Gasteiger partial charge in [-0.3, -0.25) is 5.43 Å². The zero-order chi connectivity index (χ0) is 27.8. The standard InChI is InChI=1S/C33H27FN3OPS.ClH/c34-27-17-19-28(20-18-27)36-33(40)37-35-23-26-22-25(16-21-32(26)38)24-39(29-10-4-1-5-11-29,30-12-6-2-7-13-30)31-14-8-3-9-15-31;/h1-23H,24H2,(H2-,35,36,37,38,40);1H. The molecule has 41 heavy (non-hydrogen) atoms. The van der Waals surface area contributed by atoms with E-state index in [1.165, 1.54) is 28.0 Å². The van der Waals surface area contributed by atoms with Crippen LogP contribution in [-0.2, 0) is 6.16 Å². The number of nitrogens with zero attached hydrogens (tertiary/aromatic N) is 1. The Morgan fingerprint density at radius 2 is 1.27 bits per heavy atom. The molecule has 8 heteroatoms. The maximum absolute atomic E-state index is 13.2. The lowest BCUT2D eigenvalue weighted by Crippen LogP contribution is -3.00. The smallest absolute Gasteiger partial charge is 0.191 e. The Morgan fingerprint density at radius 1 is 0.756 bits per heavy atom. The summed E-state index contributed by atoms with van der Waals surface area (Å²) in [6.45, 7) is 0. The number of phenols is 1. The summed E-state index contributed by atoms with van der Waals surface area (Å²) in [5.41, 5.74) is 5.05. The second-order valence-electron chi connectivity index (χ2n) is 9.20. The van der Waals surface area contributed by atoms with Crippen LogP contribution in [0.3, 0.4) is 0 Å². The monoisotopic (exact) mass is 599 g/mol. The second-order valence-corrected chi connectivity index (χ2v) is 13.1. The van der Waals surface area contributed by atoms with E-state index >= 15 is 0 Å². The molecule has 0 bridgehead atoms. The topological polar surface area (TPSA) is 56.7 Å². The molecule has 0 atom stereocenters. The van der Waals surface area contributed by atoms with Gasteiger partial charge < -0.3 is 22.8 Å². The highest BCUT2D eigenvalue weighted by Crippen LogP contribution is 2.58. The highest BCUT2D eigenvalue weighted by Gasteiger charge is 2.45. The summed E-state index contributed by atoms with van der Waals surface area (Å²) < 4.78 is 13.2. The highest BCUT2D eigenvalue weighted by atomic mass is 35.5. The van der Waals surface area contributed by atoms with E-state index in [1.807, 2.05) is 30.3 Å². The molecule has 0 spiro atoms. The van der Waals surface area contributed by atoms with Crippen LogP contribution in [0.4, 0.5) is 10.1 Å². The third-order valence-corrected chi connectivity index (χ3v) is 11.1. The van der Waals surface area contributed by atoms with Gasteiger partial charge in [-0.2, -0.15) is 5.10 Å². The lowest BCUT2D eigenvalue weighted by molar-refractivity contribution is -0.00000929. The molecule has 0 saturated heterocycles. The van der Waals surface area contributed by atoms with Crippen molar-refractivity contribution >= 4 is 52.4 Å². The molecule has 0 amide bonds. The minimum Gasteiger partial charge on any atom is -1.00 e. The lowest BCUT2D eigenvalue weighted by atomic mass is 10.1. The van der Waals surface area contributed by atoms with Crippen LogP contribution in [0.25, 0.3) is 0 Å². The number of benzene rings is 5. The number of rotatable bonds is 8. The molecule has 0 heterocycles. The number of hydrogen-bond donors (Lipinski definition) is 3. The van der Waals surface area contributed by atoms with E-state index in [0.717, 1.165) is 11.7 Å². The number of phenolic OH excluding ortho intramolecular Hbond substituents is 1. The van der Waals surface area contributed by atoms with Gasteiger partial charge in [-0.15, -0.1) is 0 Å². The first-order chi connectivity index (χ1) is 19.5. The van der Waals surface area contributed by atoms with Gasteiger partial charge >= 0.3 is 0 Å². The van der Waals surface area contributed by atoms with Crippen LogP contribution < -0.4 is 39.1 Å². The zero-order valence-electron chi connectivity index (χ0n) is 22.0.